The zero-order valence-electron chi connectivity index (χ0n) is 6.91. The molecule has 0 radical (unpaired) electrons. The Morgan fingerprint density at radius 3 is 2.11 bits per heavy atom. The molecule has 0 nitrogen and oxygen atoms in total. The van der Waals surface area contributed by atoms with Gasteiger partial charge >= 0.3 is 0 Å². The van der Waals surface area contributed by atoms with E-state index in [-0.39, 0.29) is 0 Å². The van der Waals surface area contributed by atoms with Crippen LogP contribution in [-0.2, 0) is 0 Å². The molecule has 0 aromatic heterocycles. The Hall–Kier alpha value is -0.260. The van der Waals surface area contributed by atoms with Crippen molar-refractivity contribution < 1.29 is 0 Å². The van der Waals surface area contributed by atoms with Gasteiger partial charge in [0.15, 0.2) is 0 Å². The van der Waals surface area contributed by atoms with E-state index in [9.17, 15) is 0 Å². The van der Waals surface area contributed by atoms with Gasteiger partial charge in [-0.3, -0.25) is 0 Å². The summed E-state index contributed by atoms with van der Waals surface area (Å²) < 4.78 is 0. The maximum atomic E-state index is 2.33. The molecule has 0 atom stereocenters. The summed E-state index contributed by atoms with van der Waals surface area (Å²) in [6.07, 6.45) is 2.56. The quantitative estimate of drug-likeness (QED) is 0.471. The smallest absolute Gasteiger partial charge is 0.0105 e. The number of hydrogen-bond donors (Lipinski definition) is 0. The molecule has 0 aromatic carbocycles. The maximum Gasteiger partial charge on any atom is -0.0105 e. The van der Waals surface area contributed by atoms with Crippen molar-refractivity contribution in [1.82, 2.24) is 0 Å². The summed E-state index contributed by atoms with van der Waals surface area (Å²) >= 11 is 0. The Kier molecular flexibility index (Phi) is 1.42. The van der Waals surface area contributed by atoms with E-state index >= 15 is 0 Å². The van der Waals surface area contributed by atoms with Crippen LogP contribution in [0.3, 0.4) is 0 Å². The van der Waals surface area contributed by atoms with Crippen molar-refractivity contribution in [2.24, 2.45) is 5.41 Å². The Morgan fingerprint density at radius 2 is 2.00 bits per heavy atom. The third-order valence-electron chi connectivity index (χ3n) is 2.39. The SMILES string of the molecule is CCC1=C(C)CC1(C)C. The highest BCUT2D eigenvalue weighted by Gasteiger charge is 2.32. The fourth-order valence-electron chi connectivity index (χ4n) is 2.13. The molecule has 0 heteroatoms. The second-order valence-electron chi connectivity index (χ2n) is 3.67. The summed E-state index contributed by atoms with van der Waals surface area (Å²) in [4.78, 5) is 0. The van der Waals surface area contributed by atoms with Gasteiger partial charge < -0.3 is 0 Å². The van der Waals surface area contributed by atoms with Gasteiger partial charge in [0.25, 0.3) is 0 Å². The molecule has 9 heavy (non-hydrogen) atoms. The van der Waals surface area contributed by atoms with Gasteiger partial charge in [-0.15, -0.1) is 0 Å². The third-order valence-corrected chi connectivity index (χ3v) is 2.39. The molecular formula is C9H16. The van der Waals surface area contributed by atoms with Crippen LogP contribution in [0.15, 0.2) is 11.1 Å². The van der Waals surface area contributed by atoms with Gasteiger partial charge in [-0.2, -0.15) is 0 Å². The molecule has 0 saturated heterocycles. The first kappa shape index (κ1) is 6.85. The minimum Gasteiger partial charge on any atom is -0.0727 e. The minimum absolute atomic E-state index is 0.541. The van der Waals surface area contributed by atoms with Crippen LogP contribution in [0.2, 0.25) is 0 Å². The van der Waals surface area contributed by atoms with Crippen LogP contribution in [0.5, 0.6) is 0 Å². The summed E-state index contributed by atoms with van der Waals surface area (Å²) in [7, 11) is 0. The summed E-state index contributed by atoms with van der Waals surface area (Å²) in [6.45, 7) is 9.17. The van der Waals surface area contributed by atoms with Gasteiger partial charge in [0.2, 0.25) is 0 Å². The van der Waals surface area contributed by atoms with Crippen LogP contribution >= 0.6 is 0 Å². The summed E-state index contributed by atoms with van der Waals surface area (Å²) in [5.41, 5.74) is 3.85. The molecule has 0 heterocycles. The molecule has 1 aliphatic rings. The van der Waals surface area contributed by atoms with Gasteiger partial charge in [0.05, 0.1) is 0 Å². The van der Waals surface area contributed by atoms with Crippen LogP contribution in [0.4, 0.5) is 0 Å². The lowest BCUT2D eigenvalue weighted by Gasteiger charge is -2.39. The molecule has 0 fully saturated rings. The van der Waals surface area contributed by atoms with Gasteiger partial charge in [-0.1, -0.05) is 31.9 Å². The van der Waals surface area contributed by atoms with Crippen LogP contribution in [-0.4, -0.2) is 0 Å². The number of allylic oxidation sites excluding steroid dienone is 2. The van der Waals surface area contributed by atoms with Crippen LogP contribution in [0.1, 0.15) is 40.5 Å². The molecule has 0 amide bonds. The second-order valence-corrected chi connectivity index (χ2v) is 3.67. The van der Waals surface area contributed by atoms with E-state index in [0.717, 1.165) is 0 Å². The van der Waals surface area contributed by atoms with Crippen molar-refractivity contribution in [2.45, 2.75) is 40.5 Å². The highest BCUT2D eigenvalue weighted by molar-refractivity contribution is 5.30. The first-order valence-electron chi connectivity index (χ1n) is 3.77. The zero-order valence-corrected chi connectivity index (χ0v) is 6.91. The van der Waals surface area contributed by atoms with E-state index in [1.165, 1.54) is 12.8 Å². The topological polar surface area (TPSA) is 0 Å². The van der Waals surface area contributed by atoms with Crippen molar-refractivity contribution in [3.63, 3.8) is 0 Å². The summed E-state index contributed by atoms with van der Waals surface area (Å²) in [5.74, 6) is 0. The molecule has 0 N–H and O–H groups in total. The first-order valence-corrected chi connectivity index (χ1v) is 3.77. The van der Waals surface area contributed by atoms with E-state index in [2.05, 4.69) is 27.7 Å². The van der Waals surface area contributed by atoms with Crippen LogP contribution in [0.25, 0.3) is 0 Å². The first-order chi connectivity index (χ1) is 4.08. The predicted octanol–water partition coefficient (Wildman–Crippen LogP) is 3.14. The third kappa shape index (κ3) is 0.910. The van der Waals surface area contributed by atoms with Gasteiger partial charge in [0.1, 0.15) is 0 Å². The highest BCUT2D eigenvalue weighted by Crippen LogP contribution is 2.46. The molecule has 0 aliphatic heterocycles. The average molecular weight is 124 g/mol. The lowest BCUT2D eigenvalue weighted by atomic mass is 9.66. The van der Waals surface area contributed by atoms with Crippen molar-refractivity contribution >= 4 is 0 Å². The van der Waals surface area contributed by atoms with Crippen molar-refractivity contribution in [3.8, 4) is 0 Å². The van der Waals surface area contributed by atoms with E-state index in [1.54, 1.807) is 11.1 Å². The Labute approximate surface area is 58.0 Å². The van der Waals surface area contributed by atoms with Crippen molar-refractivity contribution in [3.05, 3.63) is 11.1 Å². The van der Waals surface area contributed by atoms with E-state index in [0.29, 0.717) is 5.41 Å². The Balaban J connectivity index is 2.76. The Morgan fingerprint density at radius 1 is 1.44 bits per heavy atom. The van der Waals surface area contributed by atoms with Gasteiger partial charge in [-0.25, -0.2) is 0 Å². The van der Waals surface area contributed by atoms with Crippen LogP contribution < -0.4 is 0 Å². The maximum absolute atomic E-state index is 2.33. The molecular weight excluding hydrogens is 108 g/mol. The molecule has 0 spiro atoms. The van der Waals surface area contributed by atoms with Crippen molar-refractivity contribution in [1.29, 1.82) is 0 Å². The van der Waals surface area contributed by atoms with E-state index in [4.69, 9.17) is 0 Å². The van der Waals surface area contributed by atoms with Gasteiger partial charge in [0, 0.05) is 0 Å². The summed E-state index contributed by atoms with van der Waals surface area (Å²) in [6, 6.07) is 0. The number of hydrogen-bond acceptors (Lipinski definition) is 0. The fraction of sp³-hybridized carbons (Fsp3) is 0.778. The normalized spacial score (nSPS) is 24.0. The van der Waals surface area contributed by atoms with Crippen LogP contribution in [0, 0.1) is 5.41 Å². The second kappa shape index (κ2) is 1.86. The molecule has 0 unspecified atom stereocenters. The average Bonchev–Trinajstić information content (AvgIpc) is 1.63. The number of rotatable bonds is 1. The van der Waals surface area contributed by atoms with Gasteiger partial charge in [-0.05, 0) is 25.2 Å². The standard InChI is InChI=1S/C9H16/c1-5-8-7(2)6-9(8,3)4/h5-6H2,1-4H3. The highest BCUT2D eigenvalue weighted by atomic mass is 14.4. The lowest BCUT2D eigenvalue weighted by Crippen LogP contribution is -2.25. The fourth-order valence-corrected chi connectivity index (χ4v) is 2.13. The monoisotopic (exact) mass is 124 g/mol. The minimum atomic E-state index is 0.541. The zero-order chi connectivity index (χ0) is 7.07. The summed E-state index contributed by atoms with van der Waals surface area (Å²) in [5, 5.41) is 0. The van der Waals surface area contributed by atoms with E-state index < -0.39 is 0 Å². The van der Waals surface area contributed by atoms with E-state index in [1.807, 2.05) is 0 Å². The largest absolute Gasteiger partial charge is 0.0727 e. The molecule has 0 saturated carbocycles. The molecule has 0 bridgehead atoms. The van der Waals surface area contributed by atoms with Crippen molar-refractivity contribution in [2.75, 3.05) is 0 Å². The molecule has 1 rings (SSSR count). The molecule has 52 valence electrons. The molecule has 1 aliphatic carbocycles. The Bertz CT molecular complexity index is 149. The lowest BCUT2D eigenvalue weighted by molar-refractivity contribution is 0.365. The molecule has 0 aromatic rings. The predicted molar refractivity (Wildman–Crippen MR) is 41.4 cm³/mol.